The van der Waals surface area contributed by atoms with Gasteiger partial charge in [-0.15, -0.1) is 0 Å². The number of nitrogens with zero attached hydrogens (tertiary/aromatic N) is 1. The Bertz CT molecular complexity index is 1000. The Morgan fingerprint density at radius 1 is 1.17 bits per heavy atom. The second-order valence-electron chi connectivity index (χ2n) is 8.34. The van der Waals surface area contributed by atoms with Crippen LogP contribution in [0, 0.1) is 12.8 Å². The summed E-state index contributed by atoms with van der Waals surface area (Å²) in [6, 6.07) is 13.2. The minimum Gasteiger partial charge on any atom is -0.348 e. The normalized spacial score (nSPS) is 17.5. The number of piperidine rings is 1. The van der Waals surface area contributed by atoms with Crippen molar-refractivity contribution >= 4 is 21.6 Å². The molecule has 2 aromatic carbocycles. The number of nitrogens with one attached hydrogen (secondary N) is 2. The Balaban J connectivity index is 1.67. The predicted octanol–water partition coefficient (Wildman–Crippen LogP) is 3.53. The lowest BCUT2D eigenvalue weighted by Crippen LogP contribution is -2.34. The van der Waals surface area contributed by atoms with Crippen molar-refractivity contribution in [1.29, 1.82) is 0 Å². The summed E-state index contributed by atoms with van der Waals surface area (Å²) >= 11 is 0. The van der Waals surface area contributed by atoms with Crippen LogP contribution in [0.3, 0.4) is 0 Å². The van der Waals surface area contributed by atoms with Crippen LogP contribution in [0.5, 0.6) is 0 Å². The summed E-state index contributed by atoms with van der Waals surface area (Å²) in [6.45, 7) is 7.65. The van der Waals surface area contributed by atoms with Gasteiger partial charge in [0.1, 0.15) is 0 Å². The maximum atomic E-state index is 12.7. The van der Waals surface area contributed by atoms with E-state index in [2.05, 4.69) is 34.0 Å². The zero-order valence-corrected chi connectivity index (χ0v) is 18.8. The second kappa shape index (κ2) is 9.62. The molecule has 6 nitrogen and oxygen atoms in total. The zero-order chi connectivity index (χ0) is 21.7. The average molecular weight is 430 g/mol. The number of sulfonamides is 1. The Morgan fingerprint density at radius 3 is 2.60 bits per heavy atom. The molecular weight excluding hydrogens is 398 g/mol. The third-order valence-corrected chi connectivity index (χ3v) is 6.08. The molecule has 0 spiro atoms. The van der Waals surface area contributed by atoms with E-state index in [0.717, 1.165) is 42.9 Å². The summed E-state index contributed by atoms with van der Waals surface area (Å²) in [5, 5.41) is 2.98. The van der Waals surface area contributed by atoms with Crippen molar-refractivity contribution in [2.45, 2.75) is 39.8 Å². The average Bonchev–Trinajstić information content (AvgIpc) is 2.68. The van der Waals surface area contributed by atoms with Crippen LogP contribution in [0.4, 0.5) is 5.69 Å². The molecule has 2 N–H and O–H groups in total. The molecule has 1 fully saturated rings. The number of hydrogen-bond donors (Lipinski definition) is 2. The predicted molar refractivity (Wildman–Crippen MR) is 121 cm³/mol. The number of anilines is 1. The first-order valence-corrected chi connectivity index (χ1v) is 12.3. The monoisotopic (exact) mass is 429 g/mol. The van der Waals surface area contributed by atoms with Crippen molar-refractivity contribution in [1.82, 2.24) is 10.2 Å². The van der Waals surface area contributed by atoms with Crippen LogP contribution in [0.2, 0.25) is 0 Å². The third kappa shape index (κ3) is 6.31. The maximum absolute atomic E-state index is 12.7. The molecule has 1 heterocycles. The lowest BCUT2D eigenvalue weighted by atomic mass is 9.99. The molecule has 0 saturated carbocycles. The van der Waals surface area contributed by atoms with Crippen LogP contribution in [-0.4, -0.2) is 38.6 Å². The largest absolute Gasteiger partial charge is 0.348 e. The van der Waals surface area contributed by atoms with Crippen LogP contribution in [0.25, 0.3) is 0 Å². The SMILES string of the molecule is Cc1ccc(C(=O)NCc2ccccc2CN2CCC[C@@H](C)C2)cc1NS(C)(=O)=O. The third-order valence-electron chi connectivity index (χ3n) is 5.49. The van der Waals surface area contributed by atoms with E-state index in [4.69, 9.17) is 0 Å². The molecule has 0 bridgehead atoms. The Labute approximate surface area is 179 Å². The van der Waals surface area contributed by atoms with Crippen LogP contribution >= 0.6 is 0 Å². The standard InChI is InChI=1S/C23H31N3O3S/c1-17-7-6-12-26(15-17)16-21-9-5-4-8-20(21)14-24-23(27)19-11-10-18(2)22(13-19)25-30(3,28)29/h4-5,8-11,13,17,25H,6-7,12,14-16H2,1-3H3,(H,24,27)/t17-/m1/s1. The number of benzene rings is 2. The quantitative estimate of drug-likeness (QED) is 0.706. The van der Waals surface area contributed by atoms with Crippen LogP contribution < -0.4 is 10.0 Å². The summed E-state index contributed by atoms with van der Waals surface area (Å²) in [5.41, 5.74) is 3.94. The van der Waals surface area contributed by atoms with Crippen LogP contribution in [0.1, 0.15) is 46.8 Å². The van der Waals surface area contributed by atoms with Crippen molar-refractivity contribution in [3.05, 3.63) is 64.7 Å². The first kappa shape index (κ1) is 22.3. The Hall–Kier alpha value is -2.38. The van der Waals surface area contributed by atoms with E-state index < -0.39 is 10.0 Å². The molecule has 2 aromatic rings. The molecule has 1 atom stereocenters. The highest BCUT2D eigenvalue weighted by Crippen LogP contribution is 2.20. The van der Waals surface area contributed by atoms with Gasteiger partial charge < -0.3 is 5.32 Å². The first-order valence-electron chi connectivity index (χ1n) is 10.4. The number of rotatable bonds is 7. The summed E-state index contributed by atoms with van der Waals surface area (Å²) < 4.78 is 25.6. The molecule has 3 rings (SSSR count). The summed E-state index contributed by atoms with van der Waals surface area (Å²) in [5.74, 6) is 0.495. The minimum atomic E-state index is -3.41. The molecule has 162 valence electrons. The molecule has 1 amide bonds. The molecule has 7 heteroatoms. The van der Waals surface area contributed by atoms with Gasteiger partial charge in [-0.3, -0.25) is 14.4 Å². The minimum absolute atomic E-state index is 0.229. The van der Waals surface area contributed by atoms with E-state index >= 15 is 0 Å². The lowest BCUT2D eigenvalue weighted by molar-refractivity contribution is 0.0950. The van der Waals surface area contributed by atoms with Gasteiger partial charge in [0, 0.05) is 25.2 Å². The molecule has 30 heavy (non-hydrogen) atoms. The molecular formula is C23H31N3O3S. The molecule has 1 aliphatic rings. The number of carbonyl (C=O) groups is 1. The molecule has 0 unspecified atom stereocenters. The summed E-state index contributed by atoms with van der Waals surface area (Å²) in [6.07, 6.45) is 3.62. The summed E-state index contributed by atoms with van der Waals surface area (Å²) in [4.78, 5) is 15.2. The van der Waals surface area contributed by atoms with E-state index in [-0.39, 0.29) is 5.91 Å². The Kier molecular flexibility index (Phi) is 7.15. The van der Waals surface area contributed by atoms with E-state index in [1.165, 1.54) is 18.4 Å². The molecule has 1 saturated heterocycles. The van der Waals surface area contributed by atoms with Gasteiger partial charge in [0.2, 0.25) is 10.0 Å². The zero-order valence-electron chi connectivity index (χ0n) is 17.9. The fourth-order valence-electron chi connectivity index (χ4n) is 3.91. The van der Waals surface area contributed by atoms with Crippen molar-refractivity contribution in [3.8, 4) is 0 Å². The van der Waals surface area contributed by atoms with Gasteiger partial charge in [0.15, 0.2) is 0 Å². The maximum Gasteiger partial charge on any atom is 0.251 e. The fourth-order valence-corrected chi connectivity index (χ4v) is 4.53. The van der Waals surface area contributed by atoms with Crippen LogP contribution in [-0.2, 0) is 23.1 Å². The number of carbonyl (C=O) groups excluding carboxylic acids is 1. The number of hydrogen-bond acceptors (Lipinski definition) is 4. The van der Waals surface area contributed by atoms with Gasteiger partial charge in [-0.25, -0.2) is 8.42 Å². The fraction of sp³-hybridized carbons (Fsp3) is 0.435. The van der Waals surface area contributed by atoms with Gasteiger partial charge in [0.25, 0.3) is 5.91 Å². The van der Waals surface area contributed by atoms with Crippen molar-refractivity contribution in [2.75, 3.05) is 24.1 Å². The van der Waals surface area contributed by atoms with Crippen molar-refractivity contribution in [2.24, 2.45) is 5.92 Å². The smallest absolute Gasteiger partial charge is 0.251 e. The highest BCUT2D eigenvalue weighted by molar-refractivity contribution is 7.92. The molecule has 0 aliphatic carbocycles. The molecule has 0 radical (unpaired) electrons. The van der Waals surface area contributed by atoms with Crippen LogP contribution in [0.15, 0.2) is 42.5 Å². The Morgan fingerprint density at radius 2 is 1.90 bits per heavy atom. The van der Waals surface area contributed by atoms with Gasteiger partial charge in [-0.1, -0.05) is 37.3 Å². The summed E-state index contributed by atoms with van der Waals surface area (Å²) in [7, 11) is -3.41. The number of likely N-dealkylation sites (tertiary alicyclic amines) is 1. The van der Waals surface area contributed by atoms with E-state index in [1.807, 2.05) is 12.1 Å². The highest BCUT2D eigenvalue weighted by Gasteiger charge is 2.17. The van der Waals surface area contributed by atoms with Gasteiger partial charge in [0.05, 0.1) is 11.9 Å². The van der Waals surface area contributed by atoms with E-state index in [0.29, 0.717) is 17.8 Å². The van der Waals surface area contributed by atoms with Gasteiger partial charge in [-0.05, 0) is 61.1 Å². The number of amides is 1. The first-order chi connectivity index (χ1) is 14.2. The second-order valence-corrected chi connectivity index (χ2v) is 10.1. The molecule has 1 aliphatic heterocycles. The highest BCUT2D eigenvalue weighted by atomic mass is 32.2. The molecule has 0 aromatic heterocycles. The topological polar surface area (TPSA) is 78.5 Å². The number of aryl methyl sites for hydroxylation is 1. The van der Waals surface area contributed by atoms with Gasteiger partial charge >= 0.3 is 0 Å². The van der Waals surface area contributed by atoms with E-state index in [9.17, 15) is 13.2 Å². The van der Waals surface area contributed by atoms with Crippen molar-refractivity contribution < 1.29 is 13.2 Å². The van der Waals surface area contributed by atoms with E-state index in [1.54, 1.807) is 25.1 Å². The lowest BCUT2D eigenvalue weighted by Gasteiger charge is -2.31. The van der Waals surface area contributed by atoms with Gasteiger partial charge in [-0.2, -0.15) is 0 Å². The van der Waals surface area contributed by atoms with Crippen molar-refractivity contribution in [3.63, 3.8) is 0 Å².